The molecule has 0 fully saturated rings. The molecule has 3 nitrogen and oxygen atoms in total. The summed E-state index contributed by atoms with van der Waals surface area (Å²) in [5.74, 6) is 0.160. The van der Waals surface area contributed by atoms with Crippen LogP contribution in [0.2, 0.25) is 0 Å². The van der Waals surface area contributed by atoms with Crippen LogP contribution >= 0.6 is 11.3 Å². The monoisotopic (exact) mass is 332 g/mol. The van der Waals surface area contributed by atoms with Crippen LogP contribution in [0.15, 0.2) is 66.3 Å². The quantitative estimate of drug-likeness (QED) is 0.503. The van der Waals surface area contributed by atoms with E-state index < -0.39 is 0 Å². The molecule has 3 heterocycles. The van der Waals surface area contributed by atoms with Gasteiger partial charge in [-0.1, -0.05) is 30.3 Å². The number of imidazole rings is 1. The molecule has 0 saturated carbocycles. The van der Waals surface area contributed by atoms with Crippen LogP contribution in [0, 0.1) is 6.92 Å². The fraction of sp³-hybridized carbons (Fsp3) is 0.100. The molecular weight excluding hydrogens is 316 g/mol. The number of fused-ring (bicyclic) bond motifs is 1. The number of aryl methyl sites for hydroxylation is 1. The third-order valence-corrected chi connectivity index (χ3v) is 4.97. The maximum absolute atomic E-state index is 12.3. The lowest BCUT2D eigenvalue weighted by molar-refractivity contribution is 0.0997. The molecule has 0 unspecified atom stereocenters. The lowest BCUT2D eigenvalue weighted by Gasteiger charge is -2.02. The van der Waals surface area contributed by atoms with Crippen molar-refractivity contribution in [3.63, 3.8) is 0 Å². The number of nitrogens with zero attached hydrogens (tertiary/aromatic N) is 2. The Bertz CT molecular complexity index is 1020. The Kier molecular flexibility index (Phi) is 3.75. The van der Waals surface area contributed by atoms with E-state index in [1.165, 1.54) is 11.3 Å². The Morgan fingerprint density at radius 1 is 1.17 bits per heavy atom. The van der Waals surface area contributed by atoms with Gasteiger partial charge in [0.25, 0.3) is 0 Å². The van der Waals surface area contributed by atoms with E-state index in [-0.39, 0.29) is 5.78 Å². The standard InChI is InChI=1S/C20H16N2OS/c1-14-5-3-9-22-13-17(21-20(14)22)16-7-2-6-15(11-16)12-18(23)19-8-4-10-24-19/h2-11,13H,12H2,1H3. The first-order valence-electron chi connectivity index (χ1n) is 7.81. The highest BCUT2D eigenvalue weighted by Gasteiger charge is 2.10. The van der Waals surface area contributed by atoms with Crippen LogP contribution in [-0.4, -0.2) is 15.2 Å². The van der Waals surface area contributed by atoms with Crippen molar-refractivity contribution >= 4 is 22.8 Å². The summed E-state index contributed by atoms with van der Waals surface area (Å²) in [6, 6.07) is 15.9. The van der Waals surface area contributed by atoms with Crippen molar-refractivity contribution in [1.82, 2.24) is 9.38 Å². The minimum atomic E-state index is 0.160. The largest absolute Gasteiger partial charge is 0.306 e. The van der Waals surface area contributed by atoms with Gasteiger partial charge in [0.2, 0.25) is 0 Å². The smallest absolute Gasteiger partial charge is 0.177 e. The van der Waals surface area contributed by atoms with Crippen molar-refractivity contribution in [2.24, 2.45) is 0 Å². The number of aromatic nitrogens is 2. The molecule has 3 aromatic heterocycles. The van der Waals surface area contributed by atoms with E-state index in [4.69, 9.17) is 4.98 Å². The van der Waals surface area contributed by atoms with E-state index in [1.807, 2.05) is 58.6 Å². The minimum Gasteiger partial charge on any atom is -0.306 e. The van der Waals surface area contributed by atoms with Crippen LogP contribution in [0.3, 0.4) is 0 Å². The molecule has 0 amide bonds. The zero-order valence-corrected chi connectivity index (χ0v) is 14.1. The van der Waals surface area contributed by atoms with E-state index in [1.54, 1.807) is 0 Å². The number of hydrogen-bond donors (Lipinski definition) is 0. The van der Waals surface area contributed by atoms with Gasteiger partial charge >= 0.3 is 0 Å². The summed E-state index contributed by atoms with van der Waals surface area (Å²) in [6.45, 7) is 2.06. The zero-order chi connectivity index (χ0) is 16.5. The molecule has 0 aliphatic heterocycles. The zero-order valence-electron chi connectivity index (χ0n) is 13.3. The van der Waals surface area contributed by atoms with Gasteiger partial charge in [-0.15, -0.1) is 11.3 Å². The first kappa shape index (κ1) is 14.8. The molecule has 4 rings (SSSR count). The van der Waals surface area contributed by atoms with E-state index in [0.717, 1.165) is 32.9 Å². The third-order valence-electron chi connectivity index (χ3n) is 4.06. The van der Waals surface area contributed by atoms with Gasteiger partial charge in [-0.25, -0.2) is 4.98 Å². The summed E-state index contributed by atoms with van der Waals surface area (Å²) < 4.78 is 2.04. The molecular formula is C20H16N2OS. The van der Waals surface area contributed by atoms with Crippen molar-refractivity contribution in [2.75, 3.05) is 0 Å². The molecule has 0 aliphatic carbocycles. The highest BCUT2D eigenvalue weighted by molar-refractivity contribution is 7.12. The van der Waals surface area contributed by atoms with E-state index in [0.29, 0.717) is 6.42 Å². The van der Waals surface area contributed by atoms with Gasteiger partial charge in [-0.2, -0.15) is 0 Å². The molecule has 0 saturated heterocycles. The number of pyridine rings is 1. The maximum Gasteiger partial charge on any atom is 0.177 e. The van der Waals surface area contributed by atoms with Gasteiger partial charge in [0.1, 0.15) is 5.65 Å². The van der Waals surface area contributed by atoms with Crippen LogP contribution in [0.4, 0.5) is 0 Å². The van der Waals surface area contributed by atoms with E-state index >= 15 is 0 Å². The van der Waals surface area contributed by atoms with Crippen LogP contribution in [0.25, 0.3) is 16.9 Å². The Morgan fingerprint density at radius 3 is 2.88 bits per heavy atom. The predicted octanol–water partition coefficient (Wildman–Crippen LogP) is 4.80. The molecule has 0 spiro atoms. The fourth-order valence-electron chi connectivity index (χ4n) is 2.84. The number of Topliss-reactive ketones (excluding diaryl/α,β-unsaturated/α-hetero) is 1. The molecule has 1 aromatic carbocycles. The van der Waals surface area contributed by atoms with Gasteiger partial charge in [0.05, 0.1) is 10.6 Å². The van der Waals surface area contributed by atoms with E-state index in [9.17, 15) is 4.79 Å². The third kappa shape index (κ3) is 2.76. The van der Waals surface area contributed by atoms with Crippen molar-refractivity contribution in [3.8, 4) is 11.3 Å². The van der Waals surface area contributed by atoms with Crippen molar-refractivity contribution < 1.29 is 4.79 Å². The molecule has 4 heteroatoms. The van der Waals surface area contributed by atoms with Gasteiger partial charge in [-0.3, -0.25) is 4.79 Å². The number of hydrogen-bond acceptors (Lipinski definition) is 3. The average molecular weight is 332 g/mol. The normalized spacial score (nSPS) is 11.0. The molecule has 0 bridgehead atoms. The van der Waals surface area contributed by atoms with Crippen molar-refractivity contribution in [1.29, 1.82) is 0 Å². The highest BCUT2D eigenvalue weighted by atomic mass is 32.1. The highest BCUT2D eigenvalue weighted by Crippen LogP contribution is 2.22. The Balaban J connectivity index is 1.66. The second kappa shape index (κ2) is 6.06. The Morgan fingerprint density at radius 2 is 2.08 bits per heavy atom. The molecule has 24 heavy (non-hydrogen) atoms. The number of ketones is 1. The first-order valence-corrected chi connectivity index (χ1v) is 8.69. The average Bonchev–Trinajstić information content (AvgIpc) is 3.25. The van der Waals surface area contributed by atoms with Crippen LogP contribution < -0.4 is 0 Å². The van der Waals surface area contributed by atoms with Crippen LogP contribution in [0.1, 0.15) is 20.8 Å². The molecule has 4 aromatic rings. The Labute approximate surface area is 144 Å². The second-order valence-electron chi connectivity index (χ2n) is 5.83. The molecule has 0 N–H and O–H groups in total. The fourth-order valence-corrected chi connectivity index (χ4v) is 3.51. The SMILES string of the molecule is Cc1cccn2cc(-c3cccc(CC(=O)c4cccs4)c3)nc12. The summed E-state index contributed by atoms with van der Waals surface area (Å²) in [7, 11) is 0. The lowest BCUT2D eigenvalue weighted by Crippen LogP contribution is -2.01. The second-order valence-corrected chi connectivity index (χ2v) is 6.77. The first-order chi connectivity index (χ1) is 11.7. The number of carbonyl (C=O) groups is 1. The summed E-state index contributed by atoms with van der Waals surface area (Å²) in [5.41, 5.74) is 5.09. The number of rotatable bonds is 4. The molecule has 118 valence electrons. The predicted molar refractivity (Wildman–Crippen MR) is 97.7 cm³/mol. The molecule has 0 atom stereocenters. The summed E-state index contributed by atoms with van der Waals surface area (Å²) in [5, 5.41) is 1.93. The molecule has 0 aliphatic rings. The van der Waals surface area contributed by atoms with Gasteiger partial charge < -0.3 is 4.40 Å². The lowest BCUT2D eigenvalue weighted by atomic mass is 10.0. The number of benzene rings is 1. The van der Waals surface area contributed by atoms with E-state index in [2.05, 4.69) is 19.1 Å². The van der Waals surface area contributed by atoms with Gasteiger partial charge in [-0.05, 0) is 41.6 Å². The van der Waals surface area contributed by atoms with Gasteiger partial charge in [0.15, 0.2) is 5.78 Å². The van der Waals surface area contributed by atoms with Crippen LogP contribution in [0.5, 0.6) is 0 Å². The maximum atomic E-state index is 12.3. The van der Waals surface area contributed by atoms with Gasteiger partial charge in [0, 0.05) is 24.4 Å². The minimum absolute atomic E-state index is 0.160. The van der Waals surface area contributed by atoms with Crippen molar-refractivity contribution in [2.45, 2.75) is 13.3 Å². The number of thiophene rings is 1. The summed E-state index contributed by atoms with van der Waals surface area (Å²) in [4.78, 5) is 17.8. The van der Waals surface area contributed by atoms with Crippen LogP contribution in [-0.2, 0) is 6.42 Å². The summed E-state index contributed by atoms with van der Waals surface area (Å²) >= 11 is 1.49. The molecule has 0 radical (unpaired) electrons. The Hall–Kier alpha value is -2.72. The van der Waals surface area contributed by atoms with Crippen molar-refractivity contribution in [3.05, 3.63) is 82.3 Å². The number of carbonyl (C=O) groups excluding carboxylic acids is 1. The summed E-state index contributed by atoms with van der Waals surface area (Å²) in [6.07, 6.45) is 4.45. The topological polar surface area (TPSA) is 34.4 Å².